The molecule has 0 bridgehead atoms. The molecule has 1 rings (SSSR count). The van der Waals surface area contributed by atoms with Gasteiger partial charge in [0, 0.05) is 17.8 Å². The molecule has 0 saturated carbocycles. The number of phenols is 1. The van der Waals surface area contributed by atoms with Crippen LogP contribution in [-0.2, 0) is 0 Å². The fraction of sp³-hybridized carbons (Fsp3) is 0.364. The topological polar surface area (TPSA) is 32.6 Å². The maximum atomic E-state index is 9.56. The first-order chi connectivity index (χ1) is 6.65. The first-order valence-electron chi connectivity index (χ1n) is 4.65. The Labute approximate surface area is 89.2 Å². The van der Waals surface area contributed by atoms with Crippen molar-refractivity contribution in [3.63, 3.8) is 0 Å². The van der Waals surface area contributed by atoms with E-state index in [1.807, 2.05) is 6.92 Å². The largest absolute Gasteiger partial charge is 0.506 e. The van der Waals surface area contributed by atoms with Crippen molar-refractivity contribution >= 4 is 17.8 Å². The van der Waals surface area contributed by atoms with Gasteiger partial charge in [-0.05, 0) is 25.5 Å². The summed E-state index contributed by atoms with van der Waals surface area (Å²) >= 11 is 5.75. The van der Waals surface area contributed by atoms with Gasteiger partial charge in [0.05, 0.1) is 5.02 Å². The standard InChI is InChI=1S/C11H14ClNO/c1-3-8(2)13-7-9-5-4-6-10(12)11(9)14/h4-8,14H,3H2,1-2H3. The van der Waals surface area contributed by atoms with Crippen LogP contribution in [0.3, 0.4) is 0 Å². The van der Waals surface area contributed by atoms with Gasteiger partial charge in [0.2, 0.25) is 0 Å². The van der Waals surface area contributed by atoms with Crippen LogP contribution in [-0.4, -0.2) is 17.4 Å². The van der Waals surface area contributed by atoms with Crippen LogP contribution >= 0.6 is 11.6 Å². The number of hydrogen-bond acceptors (Lipinski definition) is 2. The van der Waals surface area contributed by atoms with Gasteiger partial charge in [-0.15, -0.1) is 0 Å². The van der Waals surface area contributed by atoms with Crippen LogP contribution < -0.4 is 0 Å². The summed E-state index contributed by atoms with van der Waals surface area (Å²) in [5.74, 6) is 0.0984. The third-order valence-corrected chi connectivity index (χ3v) is 2.38. The number of nitrogens with zero attached hydrogens (tertiary/aromatic N) is 1. The lowest BCUT2D eigenvalue weighted by atomic mass is 10.2. The van der Waals surface area contributed by atoms with E-state index in [0.717, 1.165) is 6.42 Å². The first kappa shape index (κ1) is 11.1. The van der Waals surface area contributed by atoms with E-state index in [2.05, 4.69) is 11.9 Å². The van der Waals surface area contributed by atoms with E-state index in [1.54, 1.807) is 24.4 Å². The smallest absolute Gasteiger partial charge is 0.142 e. The van der Waals surface area contributed by atoms with E-state index < -0.39 is 0 Å². The molecule has 0 aliphatic heterocycles. The van der Waals surface area contributed by atoms with Crippen LogP contribution in [0.25, 0.3) is 0 Å². The van der Waals surface area contributed by atoms with Gasteiger partial charge < -0.3 is 5.11 Å². The quantitative estimate of drug-likeness (QED) is 0.765. The van der Waals surface area contributed by atoms with Crippen molar-refractivity contribution in [3.05, 3.63) is 28.8 Å². The maximum Gasteiger partial charge on any atom is 0.142 e. The highest BCUT2D eigenvalue weighted by atomic mass is 35.5. The zero-order chi connectivity index (χ0) is 10.6. The van der Waals surface area contributed by atoms with E-state index in [1.165, 1.54) is 0 Å². The van der Waals surface area contributed by atoms with Crippen molar-refractivity contribution in [1.82, 2.24) is 0 Å². The first-order valence-corrected chi connectivity index (χ1v) is 5.03. The lowest BCUT2D eigenvalue weighted by Crippen LogP contribution is -1.95. The Morgan fingerprint density at radius 1 is 1.57 bits per heavy atom. The molecule has 0 spiro atoms. The molecule has 0 heterocycles. The molecule has 1 atom stereocenters. The Bertz CT molecular complexity index is 336. The van der Waals surface area contributed by atoms with Crippen molar-refractivity contribution in [2.24, 2.45) is 4.99 Å². The number of para-hydroxylation sites is 1. The molecule has 0 fully saturated rings. The Kier molecular flexibility index (Phi) is 3.96. The average molecular weight is 212 g/mol. The molecule has 1 N–H and O–H groups in total. The van der Waals surface area contributed by atoms with Gasteiger partial charge in [0.1, 0.15) is 5.75 Å². The molecule has 0 amide bonds. The second-order valence-corrected chi connectivity index (χ2v) is 3.62. The van der Waals surface area contributed by atoms with Crippen molar-refractivity contribution in [2.45, 2.75) is 26.3 Å². The SMILES string of the molecule is CCC(C)N=Cc1cccc(Cl)c1O. The Balaban J connectivity index is 2.86. The molecular weight excluding hydrogens is 198 g/mol. The van der Waals surface area contributed by atoms with Crippen molar-refractivity contribution in [2.75, 3.05) is 0 Å². The Morgan fingerprint density at radius 2 is 2.29 bits per heavy atom. The minimum absolute atomic E-state index is 0.0984. The number of rotatable bonds is 3. The van der Waals surface area contributed by atoms with Crippen molar-refractivity contribution < 1.29 is 5.11 Å². The van der Waals surface area contributed by atoms with Crippen molar-refractivity contribution in [1.29, 1.82) is 0 Å². The number of aliphatic imine (C=N–C) groups is 1. The van der Waals surface area contributed by atoms with E-state index in [-0.39, 0.29) is 11.8 Å². The summed E-state index contributed by atoms with van der Waals surface area (Å²) in [6.07, 6.45) is 2.65. The highest BCUT2D eigenvalue weighted by molar-refractivity contribution is 6.32. The van der Waals surface area contributed by atoms with Gasteiger partial charge in [-0.3, -0.25) is 4.99 Å². The second-order valence-electron chi connectivity index (χ2n) is 3.21. The zero-order valence-electron chi connectivity index (χ0n) is 8.37. The summed E-state index contributed by atoms with van der Waals surface area (Å²) in [6, 6.07) is 5.50. The second kappa shape index (κ2) is 5.01. The molecule has 14 heavy (non-hydrogen) atoms. The maximum absolute atomic E-state index is 9.56. The summed E-state index contributed by atoms with van der Waals surface area (Å²) in [7, 11) is 0. The number of halogens is 1. The molecule has 0 saturated heterocycles. The lowest BCUT2D eigenvalue weighted by Gasteiger charge is -2.02. The lowest BCUT2D eigenvalue weighted by molar-refractivity contribution is 0.474. The van der Waals surface area contributed by atoms with Gasteiger partial charge in [-0.1, -0.05) is 24.6 Å². The summed E-state index contributed by atoms with van der Waals surface area (Å²) in [5.41, 5.74) is 0.665. The molecule has 1 unspecified atom stereocenters. The fourth-order valence-electron chi connectivity index (χ4n) is 0.949. The van der Waals surface area contributed by atoms with Crippen LogP contribution in [0.1, 0.15) is 25.8 Å². The van der Waals surface area contributed by atoms with E-state index in [0.29, 0.717) is 10.6 Å². The molecule has 0 aromatic heterocycles. The van der Waals surface area contributed by atoms with E-state index in [9.17, 15) is 5.11 Å². The van der Waals surface area contributed by atoms with Gasteiger partial charge >= 0.3 is 0 Å². The molecule has 0 aliphatic carbocycles. The minimum atomic E-state index is 0.0984. The molecule has 0 aliphatic rings. The summed E-state index contributed by atoms with van der Waals surface area (Å²) in [6.45, 7) is 4.10. The van der Waals surface area contributed by atoms with E-state index in [4.69, 9.17) is 11.6 Å². The number of aromatic hydroxyl groups is 1. The van der Waals surface area contributed by atoms with Crippen LogP contribution in [0.5, 0.6) is 5.75 Å². The molecular formula is C11H14ClNO. The fourth-order valence-corrected chi connectivity index (χ4v) is 1.13. The van der Waals surface area contributed by atoms with Crippen LogP contribution in [0.2, 0.25) is 5.02 Å². The monoisotopic (exact) mass is 211 g/mol. The van der Waals surface area contributed by atoms with Crippen LogP contribution in [0, 0.1) is 0 Å². The zero-order valence-corrected chi connectivity index (χ0v) is 9.12. The highest BCUT2D eigenvalue weighted by Crippen LogP contribution is 2.25. The summed E-state index contributed by atoms with van der Waals surface area (Å²) in [5, 5.41) is 9.92. The van der Waals surface area contributed by atoms with Gasteiger partial charge in [-0.25, -0.2) is 0 Å². The number of phenolic OH excluding ortho intramolecular Hbond substituents is 1. The third-order valence-electron chi connectivity index (χ3n) is 2.08. The summed E-state index contributed by atoms with van der Waals surface area (Å²) in [4.78, 5) is 4.27. The third kappa shape index (κ3) is 2.74. The molecule has 3 heteroatoms. The minimum Gasteiger partial charge on any atom is -0.506 e. The van der Waals surface area contributed by atoms with Gasteiger partial charge in [0.15, 0.2) is 0 Å². The Hall–Kier alpha value is -1.02. The molecule has 0 radical (unpaired) electrons. The predicted octanol–water partition coefficient (Wildman–Crippen LogP) is 3.26. The molecule has 2 nitrogen and oxygen atoms in total. The van der Waals surface area contributed by atoms with Crippen molar-refractivity contribution in [3.8, 4) is 5.75 Å². The number of benzene rings is 1. The van der Waals surface area contributed by atoms with E-state index >= 15 is 0 Å². The van der Waals surface area contributed by atoms with Crippen LogP contribution in [0.15, 0.2) is 23.2 Å². The highest BCUT2D eigenvalue weighted by Gasteiger charge is 2.02. The Morgan fingerprint density at radius 3 is 2.93 bits per heavy atom. The molecule has 76 valence electrons. The predicted molar refractivity (Wildman–Crippen MR) is 60.5 cm³/mol. The van der Waals surface area contributed by atoms with Crippen LogP contribution in [0.4, 0.5) is 0 Å². The normalized spacial score (nSPS) is 13.4. The molecule has 1 aromatic rings. The van der Waals surface area contributed by atoms with Gasteiger partial charge in [-0.2, -0.15) is 0 Å². The number of hydrogen-bond donors (Lipinski definition) is 1. The van der Waals surface area contributed by atoms with Gasteiger partial charge in [0.25, 0.3) is 0 Å². The molecule has 1 aromatic carbocycles. The average Bonchev–Trinajstić information content (AvgIpc) is 2.20. The summed E-state index contributed by atoms with van der Waals surface area (Å²) < 4.78 is 0.